The zero-order valence-corrected chi connectivity index (χ0v) is 10.2. The Kier molecular flexibility index (Phi) is 2.76. The molecule has 1 aromatic carbocycles. The Labute approximate surface area is 99.8 Å². The van der Waals surface area contributed by atoms with E-state index in [1.54, 1.807) is 6.08 Å². The molecule has 0 saturated heterocycles. The first-order valence-electron chi connectivity index (χ1n) is 5.49. The molecule has 2 rings (SSSR count). The predicted molar refractivity (Wildman–Crippen MR) is 69.2 cm³/mol. The molecule has 0 atom stereocenters. The molecule has 0 radical (unpaired) electrons. The van der Waals surface area contributed by atoms with Crippen molar-refractivity contribution in [3.05, 3.63) is 40.6 Å². The van der Waals surface area contributed by atoms with Gasteiger partial charge in [-0.05, 0) is 44.0 Å². The van der Waals surface area contributed by atoms with Gasteiger partial charge in [0.25, 0.3) is 0 Å². The highest BCUT2D eigenvalue weighted by Gasteiger charge is 2.08. The Morgan fingerprint density at radius 2 is 2.00 bits per heavy atom. The third-order valence-electron chi connectivity index (χ3n) is 2.94. The van der Waals surface area contributed by atoms with Crippen molar-refractivity contribution in [2.75, 3.05) is 0 Å². The number of hydrogen-bond donors (Lipinski definition) is 2. The van der Waals surface area contributed by atoms with Crippen molar-refractivity contribution < 1.29 is 9.90 Å². The Morgan fingerprint density at radius 3 is 2.65 bits per heavy atom. The number of fused-ring (bicyclic) bond motifs is 1. The maximum atomic E-state index is 10.5. The highest BCUT2D eigenvalue weighted by molar-refractivity contribution is 5.92. The van der Waals surface area contributed by atoms with E-state index in [4.69, 9.17) is 5.11 Å². The molecule has 0 saturated carbocycles. The van der Waals surface area contributed by atoms with Crippen LogP contribution in [0.25, 0.3) is 17.0 Å². The molecule has 3 heteroatoms. The Hall–Kier alpha value is -2.03. The van der Waals surface area contributed by atoms with Crippen LogP contribution in [-0.4, -0.2) is 16.1 Å². The molecule has 0 unspecified atom stereocenters. The van der Waals surface area contributed by atoms with Gasteiger partial charge in [-0.2, -0.15) is 0 Å². The molecule has 0 bridgehead atoms. The monoisotopic (exact) mass is 229 g/mol. The molecule has 2 aromatic rings. The minimum absolute atomic E-state index is 0.858. The number of carboxylic acids is 1. The fourth-order valence-corrected chi connectivity index (χ4v) is 2.12. The summed E-state index contributed by atoms with van der Waals surface area (Å²) in [6, 6.07) is 4.23. The van der Waals surface area contributed by atoms with Crippen molar-refractivity contribution in [2.45, 2.75) is 20.8 Å². The summed E-state index contributed by atoms with van der Waals surface area (Å²) in [5, 5.41) is 9.80. The minimum atomic E-state index is -0.934. The third-order valence-corrected chi connectivity index (χ3v) is 2.94. The van der Waals surface area contributed by atoms with Crippen LogP contribution in [0.2, 0.25) is 0 Å². The lowest BCUT2D eigenvalue weighted by molar-refractivity contribution is -0.131. The van der Waals surface area contributed by atoms with Gasteiger partial charge >= 0.3 is 5.97 Å². The molecule has 17 heavy (non-hydrogen) atoms. The van der Waals surface area contributed by atoms with Crippen molar-refractivity contribution in [3.8, 4) is 0 Å². The molecule has 0 aliphatic carbocycles. The summed E-state index contributed by atoms with van der Waals surface area (Å²) in [5.41, 5.74) is 5.42. The van der Waals surface area contributed by atoms with E-state index < -0.39 is 5.97 Å². The van der Waals surface area contributed by atoms with Crippen LogP contribution in [0.4, 0.5) is 0 Å². The summed E-state index contributed by atoms with van der Waals surface area (Å²) < 4.78 is 0. The molecule has 0 spiro atoms. The third kappa shape index (κ3) is 2.09. The van der Waals surface area contributed by atoms with Crippen LogP contribution in [0.1, 0.15) is 22.4 Å². The Balaban J connectivity index is 2.64. The first-order chi connectivity index (χ1) is 7.99. The van der Waals surface area contributed by atoms with Gasteiger partial charge in [0.2, 0.25) is 0 Å². The highest BCUT2D eigenvalue weighted by Crippen LogP contribution is 2.26. The maximum Gasteiger partial charge on any atom is 0.328 e. The van der Waals surface area contributed by atoms with Crippen LogP contribution >= 0.6 is 0 Å². The molecule has 3 nitrogen and oxygen atoms in total. The number of aromatic amines is 1. The topological polar surface area (TPSA) is 53.1 Å². The normalized spacial score (nSPS) is 11.5. The second-order valence-corrected chi connectivity index (χ2v) is 4.34. The van der Waals surface area contributed by atoms with E-state index in [1.165, 1.54) is 11.1 Å². The lowest BCUT2D eigenvalue weighted by Gasteiger charge is -1.99. The lowest BCUT2D eigenvalue weighted by Crippen LogP contribution is -1.86. The molecular formula is C14H15NO2. The largest absolute Gasteiger partial charge is 0.478 e. The van der Waals surface area contributed by atoms with Gasteiger partial charge < -0.3 is 10.1 Å². The van der Waals surface area contributed by atoms with E-state index in [0.717, 1.165) is 28.2 Å². The molecule has 1 aromatic heterocycles. The Morgan fingerprint density at radius 1 is 1.29 bits per heavy atom. The number of hydrogen-bond acceptors (Lipinski definition) is 1. The van der Waals surface area contributed by atoms with Crippen LogP contribution in [0.5, 0.6) is 0 Å². The van der Waals surface area contributed by atoms with Gasteiger partial charge in [-0.25, -0.2) is 4.79 Å². The van der Waals surface area contributed by atoms with E-state index in [0.29, 0.717) is 0 Å². The van der Waals surface area contributed by atoms with Crippen molar-refractivity contribution in [3.63, 3.8) is 0 Å². The number of nitrogens with one attached hydrogen (secondary N) is 1. The summed E-state index contributed by atoms with van der Waals surface area (Å²) in [7, 11) is 0. The second-order valence-electron chi connectivity index (χ2n) is 4.34. The van der Waals surface area contributed by atoms with Gasteiger partial charge in [0.05, 0.1) is 0 Å². The molecule has 1 heterocycles. The van der Waals surface area contributed by atoms with Crippen LogP contribution < -0.4 is 0 Å². The van der Waals surface area contributed by atoms with Crippen LogP contribution in [-0.2, 0) is 4.79 Å². The van der Waals surface area contributed by atoms with Gasteiger partial charge in [-0.1, -0.05) is 11.6 Å². The van der Waals surface area contributed by atoms with E-state index >= 15 is 0 Å². The fraction of sp³-hybridized carbons (Fsp3) is 0.214. The summed E-state index contributed by atoms with van der Waals surface area (Å²) in [6.07, 6.45) is 2.76. The molecular weight excluding hydrogens is 214 g/mol. The summed E-state index contributed by atoms with van der Waals surface area (Å²) in [5.74, 6) is -0.934. The average Bonchev–Trinajstić information content (AvgIpc) is 2.54. The fourth-order valence-electron chi connectivity index (χ4n) is 2.12. The number of carboxylic acid groups (broad SMARTS) is 1. The molecule has 88 valence electrons. The number of aliphatic carboxylic acids is 1. The van der Waals surface area contributed by atoms with Gasteiger partial charge in [-0.15, -0.1) is 0 Å². The SMILES string of the molecule is Cc1cc(C)c2[nH]c(/C=C/C(=O)O)c(C)c2c1. The second kappa shape index (κ2) is 4.09. The van der Waals surface area contributed by atoms with Crippen LogP contribution in [0.3, 0.4) is 0 Å². The number of aromatic nitrogens is 1. The van der Waals surface area contributed by atoms with Crippen molar-refractivity contribution in [1.29, 1.82) is 0 Å². The van der Waals surface area contributed by atoms with E-state index in [2.05, 4.69) is 31.0 Å². The summed E-state index contributed by atoms with van der Waals surface area (Å²) in [6.45, 7) is 6.11. The number of aryl methyl sites for hydroxylation is 3. The highest BCUT2D eigenvalue weighted by atomic mass is 16.4. The number of carbonyl (C=O) groups is 1. The zero-order chi connectivity index (χ0) is 12.6. The van der Waals surface area contributed by atoms with Crippen LogP contribution in [0.15, 0.2) is 18.2 Å². The first-order valence-corrected chi connectivity index (χ1v) is 5.49. The van der Waals surface area contributed by atoms with E-state index in [9.17, 15) is 4.79 Å². The quantitative estimate of drug-likeness (QED) is 0.777. The molecule has 0 aliphatic rings. The van der Waals surface area contributed by atoms with E-state index in [-0.39, 0.29) is 0 Å². The first kappa shape index (κ1) is 11.5. The molecule has 2 N–H and O–H groups in total. The van der Waals surface area contributed by atoms with Gasteiger partial charge in [0, 0.05) is 22.7 Å². The summed E-state index contributed by atoms with van der Waals surface area (Å²) >= 11 is 0. The number of H-pyrrole nitrogens is 1. The maximum absolute atomic E-state index is 10.5. The average molecular weight is 229 g/mol. The smallest absolute Gasteiger partial charge is 0.328 e. The molecule has 0 amide bonds. The van der Waals surface area contributed by atoms with Crippen molar-refractivity contribution in [2.24, 2.45) is 0 Å². The van der Waals surface area contributed by atoms with Crippen LogP contribution in [0, 0.1) is 20.8 Å². The van der Waals surface area contributed by atoms with Crippen molar-refractivity contribution in [1.82, 2.24) is 4.98 Å². The van der Waals surface area contributed by atoms with Crippen molar-refractivity contribution >= 4 is 22.9 Å². The van der Waals surface area contributed by atoms with Gasteiger partial charge in [0.1, 0.15) is 0 Å². The standard InChI is InChI=1S/C14H15NO2/c1-8-6-9(2)14-11(7-8)10(3)12(15-14)4-5-13(16)17/h4-7,15H,1-3H3,(H,16,17)/b5-4+. The lowest BCUT2D eigenvalue weighted by atomic mass is 10.1. The minimum Gasteiger partial charge on any atom is -0.478 e. The number of rotatable bonds is 2. The number of benzene rings is 1. The van der Waals surface area contributed by atoms with E-state index in [1.807, 2.05) is 6.92 Å². The Bertz CT molecular complexity index is 621. The van der Waals surface area contributed by atoms with Gasteiger partial charge in [0.15, 0.2) is 0 Å². The molecule has 0 aliphatic heterocycles. The molecule has 0 fully saturated rings. The zero-order valence-electron chi connectivity index (χ0n) is 10.2. The summed E-state index contributed by atoms with van der Waals surface area (Å²) in [4.78, 5) is 13.8. The predicted octanol–water partition coefficient (Wildman–Crippen LogP) is 3.19. The van der Waals surface area contributed by atoms with Gasteiger partial charge in [-0.3, -0.25) is 0 Å².